The number of carboxylic acids is 2. The van der Waals surface area contributed by atoms with Crippen LogP contribution in [0.5, 0.6) is 5.75 Å². The number of rotatable bonds is 15. The molecule has 0 aliphatic heterocycles. The third-order valence-corrected chi connectivity index (χ3v) is 6.85. The summed E-state index contributed by atoms with van der Waals surface area (Å²) in [5.74, 6) is -0.872. The molecule has 0 fully saturated rings. The van der Waals surface area contributed by atoms with E-state index in [1.807, 2.05) is 48.5 Å². The maximum atomic E-state index is 11.2. The van der Waals surface area contributed by atoms with Crippen LogP contribution in [-0.4, -0.2) is 40.1 Å². The minimum atomic E-state index is -0.944. The molecular formula is C34H35NO5. The van der Waals surface area contributed by atoms with Crippen molar-refractivity contribution >= 4 is 11.9 Å². The first-order valence-corrected chi connectivity index (χ1v) is 13.6. The smallest absolute Gasteiger partial charge is 0.335 e. The summed E-state index contributed by atoms with van der Waals surface area (Å²) in [7, 11) is 0. The predicted molar refractivity (Wildman–Crippen MR) is 157 cm³/mol. The number of aromatic carboxylic acids is 1. The average molecular weight is 538 g/mol. The average Bonchev–Trinajstić information content (AvgIpc) is 2.98. The van der Waals surface area contributed by atoms with Crippen LogP contribution >= 0.6 is 0 Å². The maximum Gasteiger partial charge on any atom is 0.335 e. The van der Waals surface area contributed by atoms with Gasteiger partial charge < -0.3 is 14.9 Å². The Morgan fingerprint density at radius 2 is 1.32 bits per heavy atom. The highest BCUT2D eigenvalue weighted by molar-refractivity contribution is 5.87. The van der Waals surface area contributed by atoms with Gasteiger partial charge in [0.15, 0.2) is 0 Å². The van der Waals surface area contributed by atoms with E-state index < -0.39 is 11.9 Å². The van der Waals surface area contributed by atoms with Crippen molar-refractivity contribution in [3.8, 4) is 16.9 Å². The maximum absolute atomic E-state index is 11.2. The second-order valence-corrected chi connectivity index (χ2v) is 9.84. The number of aliphatic carboxylic acids is 1. The summed E-state index contributed by atoms with van der Waals surface area (Å²) in [6.07, 6.45) is 2.32. The number of carbonyl (C=O) groups is 2. The van der Waals surface area contributed by atoms with Crippen molar-refractivity contribution in [2.24, 2.45) is 0 Å². The number of hydrogen-bond acceptors (Lipinski definition) is 4. The van der Waals surface area contributed by atoms with Crippen LogP contribution < -0.4 is 4.74 Å². The molecule has 6 heteroatoms. The Morgan fingerprint density at radius 3 is 2.02 bits per heavy atom. The third kappa shape index (κ3) is 8.82. The van der Waals surface area contributed by atoms with E-state index in [9.17, 15) is 14.7 Å². The Labute approximate surface area is 235 Å². The minimum Gasteiger partial charge on any atom is -0.489 e. The molecule has 0 unspecified atom stereocenters. The van der Waals surface area contributed by atoms with E-state index in [0.717, 1.165) is 48.4 Å². The second kappa shape index (κ2) is 14.7. The normalized spacial score (nSPS) is 10.9. The molecule has 0 atom stereocenters. The largest absolute Gasteiger partial charge is 0.489 e. The molecule has 0 aliphatic carbocycles. The fourth-order valence-electron chi connectivity index (χ4n) is 4.61. The zero-order valence-electron chi connectivity index (χ0n) is 22.5. The molecule has 0 amide bonds. The van der Waals surface area contributed by atoms with E-state index in [0.29, 0.717) is 19.6 Å². The lowest BCUT2D eigenvalue weighted by Crippen LogP contribution is -2.27. The number of benzene rings is 4. The minimum absolute atomic E-state index is 0.157. The predicted octanol–water partition coefficient (Wildman–Crippen LogP) is 6.93. The van der Waals surface area contributed by atoms with Crippen molar-refractivity contribution in [3.63, 3.8) is 0 Å². The highest BCUT2D eigenvalue weighted by atomic mass is 16.5. The van der Waals surface area contributed by atoms with E-state index in [-0.39, 0.29) is 12.0 Å². The van der Waals surface area contributed by atoms with Crippen LogP contribution in [0.1, 0.15) is 46.3 Å². The number of hydrogen-bond donors (Lipinski definition) is 2. The SMILES string of the molecule is O=C(O)CCCCN(CCc1ccccc1OCc1ccc(-c2ccccc2)cc1)Cc1ccc(C(=O)O)cc1. The van der Waals surface area contributed by atoms with Gasteiger partial charge in [-0.2, -0.15) is 0 Å². The number of ether oxygens (including phenoxy) is 1. The van der Waals surface area contributed by atoms with Gasteiger partial charge >= 0.3 is 11.9 Å². The van der Waals surface area contributed by atoms with E-state index in [1.165, 1.54) is 11.1 Å². The molecule has 206 valence electrons. The third-order valence-electron chi connectivity index (χ3n) is 6.85. The molecule has 4 rings (SSSR count). The zero-order chi connectivity index (χ0) is 28.2. The first kappa shape index (κ1) is 28.6. The molecule has 0 radical (unpaired) electrons. The van der Waals surface area contributed by atoms with Crippen LogP contribution in [-0.2, 0) is 24.4 Å². The van der Waals surface area contributed by atoms with Gasteiger partial charge in [0.25, 0.3) is 0 Å². The fourth-order valence-corrected chi connectivity index (χ4v) is 4.61. The van der Waals surface area contributed by atoms with Crippen molar-refractivity contribution in [1.29, 1.82) is 0 Å². The summed E-state index contributed by atoms with van der Waals surface area (Å²) >= 11 is 0. The van der Waals surface area contributed by atoms with Crippen molar-refractivity contribution < 1.29 is 24.5 Å². The standard InChI is InChI=1S/C34H35NO5/c36-33(37)12-6-7-22-35(24-26-13-19-31(20-14-26)34(38)39)23-21-30-10-4-5-11-32(30)40-25-27-15-17-29(18-16-27)28-8-2-1-3-9-28/h1-5,8-11,13-20H,6-7,12,21-25H2,(H,36,37)(H,38,39). The summed E-state index contributed by atoms with van der Waals surface area (Å²) in [5.41, 5.74) is 5.85. The quantitative estimate of drug-likeness (QED) is 0.160. The number of unbranched alkanes of at least 4 members (excludes halogenated alkanes) is 1. The van der Waals surface area contributed by atoms with E-state index in [4.69, 9.17) is 9.84 Å². The Bertz CT molecular complexity index is 1370. The topological polar surface area (TPSA) is 87.1 Å². The molecule has 0 heterocycles. The number of carboxylic acid groups (broad SMARTS) is 2. The molecule has 0 aliphatic rings. The number of nitrogens with zero attached hydrogens (tertiary/aromatic N) is 1. The number of para-hydroxylation sites is 1. The van der Waals surface area contributed by atoms with Gasteiger partial charge in [-0.15, -0.1) is 0 Å². The molecule has 40 heavy (non-hydrogen) atoms. The lowest BCUT2D eigenvalue weighted by molar-refractivity contribution is -0.137. The van der Waals surface area contributed by atoms with Crippen LogP contribution in [0.3, 0.4) is 0 Å². The Kier molecular flexibility index (Phi) is 10.5. The summed E-state index contributed by atoms with van der Waals surface area (Å²) < 4.78 is 6.24. The van der Waals surface area contributed by atoms with Gasteiger partial charge in [-0.3, -0.25) is 9.69 Å². The van der Waals surface area contributed by atoms with E-state index in [1.54, 1.807) is 12.1 Å². The Balaban J connectivity index is 1.37. The lowest BCUT2D eigenvalue weighted by atomic mass is 10.0. The molecular weight excluding hydrogens is 502 g/mol. The van der Waals surface area contributed by atoms with E-state index >= 15 is 0 Å². The first-order valence-electron chi connectivity index (χ1n) is 13.6. The molecule has 0 aromatic heterocycles. The highest BCUT2D eigenvalue weighted by Crippen LogP contribution is 2.23. The van der Waals surface area contributed by atoms with Gasteiger partial charge in [-0.1, -0.05) is 84.9 Å². The molecule has 0 saturated heterocycles. The van der Waals surface area contributed by atoms with Crippen molar-refractivity contribution in [2.75, 3.05) is 13.1 Å². The molecule has 0 spiro atoms. The van der Waals surface area contributed by atoms with Gasteiger partial charge in [0.05, 0.1) is 5.56 Å². The Hall–Kier alpha value is -4.42. The second-order valence-electron chi connectivity index (χ2n) is 9.84. The summed E-state index contributed by atoms with van der Waals surface area (Å²) in [5, 5.41) is 18.2. The highest BCUT2D eigenvalue weighted by Gasteiger charge is 2.11. The van der Waals surface area contributed by atoms with Crippen LogP contribution in [0.2, 0.25) is 0 Å². The molecule has 2 N–H and O–H groups in total. The van der Waals surface area contributed by atoms with Crippen LogP contribution in [0.4, 0.5) is 0 Å². The molecule has 4 aromatic carbocycles. The van der Waals surface area contributed by atoms with Crippen molar-refractivity contribution in [2.45, 2.75) is 38.8 Å². The van der Waals surface area contributed by atoms with Crippen LogP contribution in [0.25, 0.3) is 11.1 Å². The monoisotopic (exact) mass is 537 g/mol. The van der Waals surface area contributed by atoms with Crippen molar-refractivity contribution in [3.05, 3.63) is 125 Å². The lowest BCUT2D eigenvalue weighted by Gasteiger charge is -2.23. The van der Waals surface area contributed by atoms with Gasteiger partial charge in [0.2, 0.25) is 0 Å². The van der Waals surface area contributed by atoms with Gasteiger partial charge in [0, 0.05) is 19.5 Å². The Morgan fingerprint density at radius 1 is 0.675 bits per heavy atom. The molecule has 6 nitrogen and oxygen atoms in total. The van der Waals surface area contributed by atoms with E-state index in [2.05, 4.69) is 47.4 Å². The van der Waals surface area contributed by atoms with Crippen molar-refractivity contribution in [1.82, 2.24) is 4.90 Å². The van der Waals surface area contributed by atoms with Crippen LogP contribution in [0.15, 0.2) is 103 Å². The first-order chi connectivity index (χ1) is 19.5. The molecule has 4 aromatic rings. The van der Waals surface area contributed by atoms with Gasteiger partial charge in [-0.25, -0.2) is 4.79 Å². The van der Waals surface area contributed by atoms with Gasteiger partial charge in [0.1, 0.15) is 12.4 Å². The summed E-state index contributed by atoms with van der Waals surface area (Å²) in [4.78, 5) is 24.4. The fraction of sp³-hybridized carbons (Fsp3) is 0.235. The van der Waals surface area contributed by atoms with Crippen LogP contribution in [0, 0.1) is 0 Å². The molecule has 0 saturated carbocycles. The zero-order valence-corrected chi connectivity index (χ0v) is 22.5. The van der Waals surface area contributed by atoms with Gasteiger partial charge in [-0.05, 0) is 71.8 Å². The molecule has 0 bridgehead atoms. The summed E-state index contributed by atoms with van der Waals surface area (Å²) in [6.45, 7) is 2.65. The summed E-state index contributed by atoms with van der Waals surface area (Å²) in [6, 6.07) is 33.7.